The molecular weight excluding hydrogens is 234 g/mol. The highest BCUT2D eigenvalue weighted by Gasteiger charge is 2.17. The number of nitrogens with zero attached hydrogens (tertiary/aromatic N) is 3. The fraction of sp³-hybridized carbons (Fsp3) is 0.417. The Kier molecular flexibility index (Phi) is 3.45. The molecule has 0 unspecified atom stereocenters. The van der Waals surface area contributed by atoms with Crippen LogP contribution in [0.3, 0.4) is 0 Å². The molecule has 0 aliphatic heterocycles. The van der Waals surface area contributed by atoms with Crippen molar-refractivity contribution in [2.75, 3.05) is 6.61 Å². The van der Waals surface area contributed by atoms with Gasteiger partial charge in [-0.2, -0.15) is 5.10 Å². The normalized spacial score (nSPS) is 10.8. The van der Waals surface area contributed by atoms with E-state index in [0.29, 0.717) is 23.4 Å². The predicted octanol–water partition coefficient (Wildman–Crippen LogP) is 1.85. The van der Waals surface area contributed by atoms with Crippen LogP contribution >= 0.6 is 0 Å². The molecule has 96 valence electrons. The first kappa shape index (κ1) is 12.3. The molecule has 0 saturated heterocycles. The van der Waals surface area contributed by atoms with Crippen molar-refractivity contribution in [2.24, 2.45) is 7.05 Å². The third-order valence-corrected chi connectivity index (χ3v) is 2.59. The Hall–Kier alpha value is -2.11. The average molecular weight is 249 g/mol. The number of aromatic nitrogens is 3. The minimum atomic E-state index is -1.04. The van der Waals surface area contributed by atoms with Crippen molar-refractivity contribution in [3.63, 3.8) is 0 Å². The molecule has 2 aromatic rings. The van der Waals surface area contributed by atoms with Crippen molar-refractivity contribution < 1.29 is 14.6 Å². The molecular formula is C12H15N3O3. The van der Waals surface area contributed by atoms with Gasteiger partial charge in [-0.1, -0.05) is 13.3 Å². The standard InChI is InChI=1S/C12H15N3O3/c1-3-4-5-18-10-8(12(16)17)6-13-11-9(10)7-15(2)14-11/h6-7H,3-5H2,1-2H3,(H,16,17). The first-order valence-electron chi connectivity index (χ1n) is 5.82. The summed E-state index contributed by atoms with van der Waals surface area (Å²) in [4.78, 5) is 15.2. The summed E-state index contributed by atoms with van der Waals surface area (Å²) in [5, 5.41) is 13.9. The number of aromatic carboxylic acids is 1. The predicted molar refractivity (Wildman–Crippen MR) is 65.9 cm³/mol. The van der Waals surface area contributed by atoms with E-state index in [-0.39, 0.29) is 5.56 Å². The van der Waals surface area contributed by atoms with Gasteiger partial charge in [-0.3, -0.25) is 4.68 Å². The van der Waals surface area contributed by atoms with E-state index in [1.807, 2.05) is 6.92 Å². The van der Waals surface area contributed by atoms with E-state index in [2.05, 4.69) is 10.1 Å². The first-order valence-corrected chi connectivity index (χ1v) is 5.82. The van der Waals surface area contributed by atoms with Crippen LogP contribution in [0.5, 0.6) is 5.75 Å². The monoisotopic (exact) mass is 249 g/mol. The van der Waals surface area contributed by atoms with Crippen LogP contribution in [-0.4, -0.2) is 32.4 Å². The van der Waals surface area contributed by atoms with E-state index in [1.54, 1.807) is 17.9 Å². The van der Waals surface area contributed by atoms with Crippen LogP contribution in [0.15, 0.2) is 12.4 Å². The minimum absolute atomic E-state index is 0.0756. The fourth-order valence-corrected chi connectivity index (χ4v) is 1.69. The quantitative estimate of drug-likeness (QED) is 0.818. The van der Waals surface area contributed by atoms with Gasteiger partial charge in [-0.25, -0.2) is 9.78 Å². The van der Waals surface area contributed by atoms with Gasteiger partial charge < -0.3 is 9.84 Å². The SMILES string of the molecule is CCCCOc1c(C(=O)O)cnc2nn(C)cc12. The van der Waals surface area contributed by atoms with Crippen molar-refractivity contribution in [3.05, 3.63) is 18.0 Å². The third kappa shape index (κ3) is 2.27. The lowest BCUT2D eigenvalue weighted by atomic mass is 10.2. The molecule has 0 atom stereocenters. The molecule has 1 N–H and O–H groups in total. The number of hydrogen-bond acceptors (Lipinski definition) is 4. The molecule has 0 bridgehead atoms. The first-order chi connectivity index (χ1) is 8.63. The van der Waals surface area contributed by atoms with Gasteiger partial charge in [0.2, 0.25) is 0 Å². The number of rotatable bonds is 5. The second-order valence-corrected chi connectivity index (χ2v) is 4.05. The number of ether oxygens (including phenoxy) is 1. The molecule has 6 heteroatoms. The molecule has 0 fully saturated rings. The molecule has 0 radical (unpaired) electrons. The molecule has 2 rings (SSSR count). The van der Waals surface area contributed by atoms with Gasteiger partial charge in [-0.15, -0.1) is 0 Å². The van der Waals surface area contributed by atoms with Crippen LogP contribution < -0.4 is 4.74 Å². The second-order valence-electron chi connectivity index (χ2n) is 4.05. The van der Waals surface area contributed by atoms with Crippen LogP contribution in [0.25, 0.3) is 11.0 Å². The Morgan fingerprint density at radius 3 is 3.00 bits per heavy atom. The maximum absolute atomic E-state index is 11.2. The number of unbranched alkanes of at least 4 members (excludes halogenated alkanes) is 1. The number of aryl methyl sites for hydroxylation is 1. The zero-order chi connectivity index (χ0) is 13.1. The van der Waals surface area contributed by atoms with E-state index < -0.39 is 5.97 Å². The molecule has 0 amide bonds. The van der Waals surface area contributed by atoms with Crippen molar-refractivity contribution in [1.29, 1.82) is 0 Å². The summed E-state index contributed by atoms with van der Waals surface area (Å²) in [5.74, 6) is -0.686. The van der Waals surface area contributed by atoms with Gasteiger partial charge >= 0.3 is 5.97 Å². The highest BCUT2D eigenvalue weighted by atomic mass is 16.5. The summed E-state index contributed by atoms with van der Waals surface area (Å²) >= 11 is 0. The Morgan fingerprint density at radius 1 is 1.56 bits per heavy atom. The lowest BCUT2D eigenvalue weighted by Gasteiger charge is -2.08. The van der Waals surface area contributed by atoms with E-state index in [1.165, 1.54) is 6.20 Å². The zero-order valence-corrected chi connectivity index (χ0v) is 10.4. The Balaban J connectivity index is 2.48. The molecule has 0 spiro atoms. The van der Waals surface area contributed by atoms with Crippen LogP contribution in [0.1, 0.15) is 30.1 Å². The average Bonchev–Trinajstić information content (AvgIpc) is 2.69. The highest BCUT2D eigenvalue weighted by molar-refractivity contribution is 5.97. The molecule has 6 nitrogen and oxygen atoms in total. The topological polar surface area (TPSA) is 77.2 Å². The number of hydrogen-bond donors (Lipinski definition) is 1. The van der Waals surface area contributed by atoms with Crippen LogP contribution in [0.4, 0.5) is 0 Å². The highest BCUT2D eigenvalue weighted by Crippen LogP contribution is 2.27. The summed E-state index contributed by atoms with van der Waals surface area (Å²) in [6.07, 6.45) is 4.88. The molecule has 0 aliphatic rings. The van der Waals surface area contributed by atoms with E-state index >= 15 is 0 Å². The summed E-state index contributed by atoms with van der Waals surface area (Å²) in [6, 6.07) is 0. The Morgan fingerprint density at radius 2 is 2.33 bits per heavy atom. The largest absolute Gasteiger partial charge is 0.492 e. The van der Waals surface area contributed by atoms with Crippen molar-refractivity contribution in [1.82, 2.24) is 14.8 Å². The lowest BCUT2D eigenvalue weighted by Crippen LogP contribution is -2.05. The minimum Gasteiger partial charge on any atom is -0.492 e. The Labute approximate surface area is 104 Å². The van der Waals surface area contributed by atoms with Gasteiger partial charge in [0.15, 0.2) is 5.65 Å². The second kappa shape index (κ2) is 5.03. The van der Waals surface area contributed by atoms with Gasteiger partial charge in [0.1, 0.15) is 11.3 Å². The summed E-state index contributed by atoms with van der Waals surface area (Å²) < 4.78 is 7.18. The van der Waals surface area contributed by atoms with E-state index in [9.17, 15) is 4.79 Å². The van der Waals surface area contributed by atoms with Crippen molar-refractivity contribution in [2.45, 2.75) is 19.8 Å². The number of pyridine rings is 1. The summed E-state index contributed by atoms with van der Waals surface area (Å²) in [7, 11) is 1.76. The van der Waals surface area contributed by atoms with Crippen LogP contribution in [0, 0.1) is 0 Å². The zero-order valence-electron chi connectivity index (χ0n) is 10.4. The fourth-order valence-electron chi connectivity index (χ4n) is 1.69. The van der Waals surface area contributed by atoms with Crippen molar-refractivity contribution in [3.8, 4) is 5.75 Å². The van der Waals surface area contributed by atoms with Gasteiger partial charge in [0, 0.05) is 19.4 Å². The van der Waals surface area contributed by atoms with Crippen LogP contribution in [0.2, 0.25) is 0 Å². The lowest BCUT2D eigenvalue weighted by molar-refractivity contribution is 0.0692. The van der Waals surface area contributed by atoms with Gasteiger partial charge in [0.25, 0.3) is 0 Å². The molecule has 18 heavy (non-hydrogen) atoms. The maximum Gasteiger partial charge on any atom is 0.341 e. The number of carboxylic acid groups (broad SMARTS) is 1. The third-order valence-electron chi connectivity index (χ3n) is 2.59. The molecule has 0 saturated carbocycles. The van der Waals surface area contributed by atoms with Crippen LogP contribution in [-0.2, 0) is 7.05 Å². The molecule has 0 aromatic carbocycles. The molecule has 0 aliphatic carbocycles. The summed E-state index contributed by atoms with van der Waals surface area (Å²) in [5.41, 5.74) is 0.570. The summed E-state index contributed by atoms with van der Waals surface area (Å²) in [6.45, 7) is 2.54. The van der Waals surface area contributed by atoms with E-state index in [0.717, 1.165) is 12.8 Å². The number of fused-ring (bicyclic) bond motifs is 1. The maximum atomic E-state index is 11.2. The number of carboxylic acids is 1. The van der Waals surface area contributed by atoms with E-state index in [4.69, 9.17) is 9.84 Å². The van der Waals surface area contributed by atoms with Crippen molar-refractivity contribution >= 4 is 17.0 Å². The smallest absolute Gasteiger partial charge is 0.341 e. The molecule has 2 aromatic heterocycles. The van der Waals surface area contributed by atoms with Gasteiger partial charge in [0.05, 0.1) is 12.0 Å². The number of carbonyl (C=O) groups is 1. The molecule has 2 heterocycles. The Bertz CT molecular complexity index is 577. The van der Waals surface area contributed by atoms with Gasteiger partial charge in [-0.05, 0) is 6.42 Å².